The highest BCUT2D eigenvalue weighted by molar-refractivity contribution is 5.92. The van der Waals surface area contributed by atoms with Gasteiger partial charge >= 0.3 is 0 Å². The van der Waals surface area contributed by atoms with Crippen LogP contribution in [0.2, 0.25) is 0 Å². The Morgan fingerprint density at radius 1 is 1.23 bits per heavy atom. The summed E-state index contributed by atoms with van der Waals surface area (Å²) in [4.78, 5) is 18.8. The Kier molecular flexibility index (Phi) is 6.39. The molecule has 0 unspecified atom stereocenters. The standard InChI is InChI=1S/C23H27N5O2/c1-2-27(16-18-6-4-3-5-7-18)13-12-25-23(29)22-15-19-14-21(17-28(19)26-22)30-20-8-10-24-11-9-20/h3-11,15,21H,2,12-14,16-17H2,1H3,(H,25,29)/t21-/m0/s1. The van der Waals surface area contributed by atoms with Crippen LogP contribution in [0, 0.1) is 0 Å². The molecule has 3 heterocycles. The lowest BCUT2D eigenvalue weighted by Crippen LogP contribution is -2.35. The Morgan fingerprint density at radius 2 is 2.03 bits per heavy atom. The van der Waals surface area contributed by atoms with Crippen molar-refractivity contribution in [1.82, 2.24) is 25.0 Å². The van der Waals surface area contributed by atoms with Crippen LogP contribution in [-0.2, 0) is 19.5 Å². The van der Waals surface area contributed by atoms with Crippen molar-refractivity contribution in [2.24, 2.45) is 0 Å². The number of carbonyl (C=O) groups is 1. The van der Waals surface area contributed by atoms with Crippen molar-refractivity contribution >= 4 is 5.91 Å². The van der Waals surface area contributed by atoms with Gasteiger partial charge in [-0.15, -0.1) is 0 Å². The van der Waals surface area contributed by atoms with Gasteiger partial charge in [0.05, 0.1) is 6.54 Å². The highest BCUT2D eigenvalue weighted by Crippen LogP contribution is 2.21. The first-order chi connectivity index (χ1) is 14.7. The van der Waals surface area contributed by atoms with E-state index in [0.29, 0.717) is 18.8 Å². The lowest BCUT2D eigenvalue weighted by Gasteiger charge is -2.20. The Balaban J connectivity index is 1.24. The number of likely N-dealkylation sites (N-methyl/N-ethyl adjacent to an activating group) is 1. The zero-order valence-corrected chi connectivity index (χ0v) is 17.2. The maximum atomic E-state index is 12.5. The molecule has 0 saturated heterocycles. The van der Waals surface area contributed by atoms with Crippen LogP contribution in [0.15, 0.2) is 60.9 Å². The molecule has 0 radical (unpaired) electrons. The molecule has 3 aromatic rings. The third kappa shape index (κ3) is 5.04. The van der Waals surface area contributed by atoms with Crippen LogP contribution in [0.1, 0.15) is 28.7 Å². The van der Waals surface area contributed by atoms with E-state index in [0.717, 1.165) is 37.5 Å². The van der Waals surface area contributed by atoms with E-state index in [4.69, 9.17) is 4.74 Å². The van der Waals surface area contributed by atoms with Crippen LogP contribution in [0.4, 0.5) is 0 Å². The molecule has 0 spiro atoms. The monoisotopic (exact) mass is 405 g/mol. The number of aromatic nitrogens is 3. The summed E-state index contributed by atoms with van der Waals surface area (Å²) in [6.07, 6.45) is 4.20. The fourth-order valence-electron chi connectivity index (χ4n) is 3.68. The van der Waals surface area contributed by atoms with Gasteiger partial charge in [0.25, 0.3) is 5.91 Å². The molecule has 1 aliphatic heterocycles. The molecule has 1 atom stereocenters. The lowest BCUT2D eigenvalue weighted by molar-refractivity contribution is 0.0941. The molecule has 4 rings (SSSR count). The maximum Gasteiger partial charge on any atom is 0.271 e. The zero-order valence-electron chi connectivity index (χ0n) is 17.2. The van der Waals surface area contributed by atoms with Gasteiger partial charge in [-0.3, -0.25) is 19.4 Å². The van der Waals surface area contributed by atoms with Crippen LogP contribution in [0.5, 0.6) is 5.75 Å². The molecule has 30 heavy (non-hydrogen) atoms. The summed E-state index contributed by atoms with van der Waals surface area (Å²) >= 11 is 0. The molecule has 156 valence electrons. The number of hydrogen-bond acceptors (Lipinski definition) is 5. The third-order valence-corrected chi connectivity index (χ3v) is 5.27. The minimum absolute atomic E-state index is 0.0307. The number of ether oxygens (including phenoxy) is 1. The van der Waals surface area contributed by atoms with Crippen LogP contribution in [0.25, 0.3) is 0 Å². The predicted molar refractivity (Wildman–Crippen MR) is 114 cm³/mol. The summed E-state index contributed by atoms with van der Waals surface area (Å²) in [5.74, 6) is 0.675. The van der Waals surface area contributed by atoms with Gasteiger partial charge in [0.15, 0.2) is 0 Å². The fraction of sp³-hybridized carbons (Fsp3) is 0.348. The molecule has 1 aromatic carbocycles. The van der Waals surface area contributed by atoms with E-state index in [1.165, 1.54) is 5.56 Å². The molecule has 0 bridgehead atoms. The van der Waals surface area contributed by atoms with E-state index in [-0.39, 0.29) is 12.0 Å². The van der Waals surface area contributed by atoms with Crippen LogP contribution < -0.4 is 10.1 Å². The second-order valence-corrected chi connectivity index (χ2v) is 7.44. The first-order valence-corrected chi connectivity index (χ1v) is 10.4. The van der Waals surface area contributed by atoms with E-state index in [1.54, 1.807) is 12.4 Å². The summed E-state index contributed by atoms with van der Waals surface area (Å²) in [5.41, 5.74) is 2.77. The molecule has 0 fully saturated rings. The van der Waals surface area contributed by atoms with E-state index >= 15 is 0 Å². The minimum atomic E-state index is -0.126. The quantitative estimate of drug-likeness (QED) is 0.592. The van der Waals surface area contributed by atoms with Gasteiger partial charge < -0.3 is 10.1 Å². The SMILES string of the molecule is CCN(CCNC(=O)c1cc2n(n1)C[C@@H](Oc1ccncc1)C2)Cc1ccccc1. The predicted octanol–water partition coefficient (Wildman–Crippen LogP) is 2.53. The van der Waals surface area contributed by atoms with Gasteiger partial charge in [0.2, 0.25) is 0 Å². The van der Waals surface area contributed by atoms with Crippen molar-refractivity contribution in [2.45, 2.75) is 32.5 Å². The van der Waals surface area contributed by atoms with Crippen molar-refractivity contribution in [3.05, 3.63) is 77.9 Å². The largest absolute Gasteiger partial charge is 0.488 e. The minimum Gasteiger partial charge on any atom is -0.488 e. The number of nitrogens with one attached hydrogen (secondary N) is 1. The van der Waals surface area contributed by atoms with Gasteiger partial charge in [0, 0.05) is 44.1 Å². The number of hydrogen-bond donors (Lipinski definition) is 1. The summed E-state index contributed by atoms with van der Waals surface area (Å²) in [6.45, 7) is 5.98. The fourth-order valence-corrected chi connectivity index (χ4v) is 3.68. The Morgan fingerprint density at radius 3 is 2.77 bits per heavy atom. The summed E-state index contributed by atoms with van der Waals surface area (Å²) in [7, 11) is 0. The molecule has 0 saturated carbocycles. The molecule has 2 aromatic heterocycles. The van der Waals surface area contributed by atoms with E-state index in [2.05, 4.69) is 51.5 Å². The van der Waals surface area contributed by atoms with Crippen molar-refractivity contribution in [1.29, 1.82) is 0 Å². The van der Waals surface area contributed by atoms with E-state index < -0.39 is 0 Å². The zero-order chi connectivity index (χ0) is 20.8. The first kappa shape index (κ1) is 20.1. The highest BCUT2D eigenvalue weighted by Gasteiger charge is 2.26. The Bertz CT molecular complexity index is 935. The average Bonchev–Trinajstić information content (AvgIpc) is 3.33. The molecule has 1 N–H and O–H groups in total. The van der Waals surface area contributed by atoms with Gasteiger partial charge in [-0.1, -0.05) is 37.3 Å². The molecule has 7 nitrogen and oxygen atoms in total. The molecule has 7 heteroatoms. The van der Waals surface area contributed by atoms with Crippen LogP contribution in [0.3, 0.4) is 0 Å². The first-order valence-electron chi connectivity index (χ1n) is 10.4. The molecule has 1 aliphatic rings. The second kappa shape index (κ2) is 9.54. The molecular weight excluding hydrogens is 378 g/mol. The smallest absolute Gasteiger partial charge is 0.271 e. The van der Waals surface area contributed by atoms with Gasteiger partial charge in [0.1, 0.15) is 17.5 Å². The molecule has 1 amide bonds. The second-order valence-electron chi connectivity index (χ2n) is 7.44. The highest BCUT2D eigenvalue weighted by atomic mass is 16.5. The van der Waals surface area contributed by atoms with Crippen molar-refractivity contribution in [2.75, 3.05) is 19.6 Å². The summed E-state index contributed by atoms with van der Waals surface area (Å²) < 4.78 is 7.83. The average molecular weight is 406 g/mol. The van der Waals surface area contributed by atoms with E-state index in [1.807, 2.05) is 28.9 Å². The molecular formula is C23H27N5O2. The Labute approximate surface area is 176 Å². The number of nitrogens with zero attached hydrogens (tertiary/aromatic N) is 4. The van der Waals surface area contributed by atoms with Gasteiger partial charge in [-0.05, 0) is 30.3 Å². The normalized spacial score (nSPS) is 15.2. The number of amides is 1. The van der Waals surface area contributed by atoms with Gasteiger partial charge in [-0.2, -0.15) is 5.10 Å². The number of benzene rings is 1. The van der Waals surface area contributed by atoms with E-state index in [9.17, 15) is 4.79 Å². The third-order valence-electron chi connectivity index (χ3n) is 5.27. The Hall–Kier alpha value is -3.19. The van der Waals surface area contributed by atoms with Crippen molar-refractivity contribution < 1.29 is 9.53 Å². The topological polar surface area (TPSA) is 72.3 Å². The van der Waals surface area contributed by atoms with Crippen LogP contribution >= 0.6 is 0 Å². The van der Waals surface area contributed by atoms with Crippen molar-refractivity contribution in [3.8, 4) is 5.75 Å². The number of fused-ring (bicyclic) bond motifs is 1. The molecule has 0 aliphatic carbocycles. The summed E-state index contributed by atoms with van der Waals surface area (Å²) in [5, 5.41) is 7.46. The lowest BCUT2D eigenvalue weighted by atomic mass is 10.2. The number of rotatable bonds is 9. The van der Waals surface area contributed by atoms with Crippen LogP contribution in [-0.4, -0.2) is 51.3 Å². The van der Waals surface area contributed by atoms with Gasteiger partial charge in [-0.25, -0.2) is 0 Å². The number of carbonyl (C=O) groups excluding carboxylic acids is 1. The van der Waals surface area contributed by atoms with Crippen molar-refractivity contribution in [3.63, 3.8) is 0 Å². The maximum absolute atomic E-state index is 12.5. The summed E-state index contributed by atoms with van der Waals surface area (Å²) in [6, 6.07) is 15.9. The number of pyridine rings is 1.